The average Bonchev–Trinajstić information content (AvgIpc) is 2.06. The molecule has 0 aromatic carbocycles. The Labute approximate surface area is 64.6 Å². The monoisotopic (exact) mass is 151 g/mol. The average molecular weight is 151 g/mol. The van der Waals surface area contributed by atoms with Crippen molar-refractivity contribution in [3.63, 3.8) is 0 Å². The third-order valence-corrected chi connectivity index (χ3v) is 1.23. The van der Waals surface area contributed by atoms with Crippen molar-refractivity contribution in [2.24, 2.45) is 5.18 Å². The highest BCUT2D eigenvalue weighted by atomic mass is 16.3. The molecule has 0 spiro atoms. The lowest BCUT2D eigenvalue weighted by Gasteiger charge is -2.01. The zero-order chi connectivity index (χ0) is 8.10. The molecule has 0 saturated heterocycles. The van der Waals surface area contributed by atoms with Crippen LogP contribution >= 0.6 is 0 Å². The first-order chi connectivity index (χ1) is 5.38. The van der Waals surface area contributed by atoms with E-state index in [0.29, 0.717) is 11.5 Å². The van der Waals surface area contributed by atoms with E-state index in [1.165, 1.54) is 0 Å². The van der Waals surface area contributed by atoms with Crippen molar-refractivity contribution < 1.29 is 0 Å². The molecule has 0 amide bonds. The van der Waals surface area contributed by atoms with Crippen LogP contribution in [-0.2, 0) is 0 Å². The fourth-order valence-corrected chi connectivity index (χ4v) is 0.774. The molecule has 0 atom stereocenters. The third-order valence-electron chi connectivity index (χ3n) is 1.23. The van der Waals surface area contributed by atoms with Crippen LogP contribution in [0, 0.1) is 4.91 Å². The topological polar surface area (TPSA) is 54.4 Å². The molecule has 1 rings (SSSR count). The van der Waals surface area contributed by atoms with Crippen LogP contribution in [0.1, 0.15) is 6.92 Å². The van der Waals surface area contributed by atoms with Crippen LogP contribution in [0.5, 0.6) is 0 Å². The van der Waals surface area contributed by atoms with E-state index >= 15 is 0 Å². The van der Waals surface area contributed by atoms with Gasteiger partial charge in [-0.15, -0.1) is 4.91 Å². The second kappa shape index (κ2) is 3.65. The minimum absolute atomic E-state index is 0.356. The van der Waals surface area contributed by atoms with E-state index in [-0.39, 0.29) is 0 Å². The van der Waals surface area contributed by atoms with Gasteiger partial charge in [0.2, 0.25) is 0 Å². The highest BCUT2D eigenvalue weighted by molar-refractivity contribution is 5.59. The number of pyridine rings is 1. The Kier molecular flexibility index (Phi) is 2.54. The quantitative estimate of drug-likeness (QED) is 0.671. The van der Waals surface area contributed by atoms with Crippen LogP contribution in [0.2, 0.25) is 0 Å². The first-order valence-corrected chi connectivity index (χ1v) is 3.40. The van der Waals surface area contributed by atoms with Gasteiger partial charge in [0.05, 0.1) is 0 Å². The molecule has 58 valence electrons. The van der Waals surface area contributed by atoms with Crippen molar-refractivity contribution in [2.45, 2.75) is 6.92 Å². The molecular formula is C7H9N3O. The third kappa shape index (κ3) is 1.73. The summed E-state index contributed by atoms with van der Waals surface area (Å²) in [4.78, 5) is 14.1. The van der Waals surface area contributed by atoms with Crippen molar-refractivity contribution in [2.75, 3.05) is 11.9 Å². The molecule has 0 fully saturated rings. The molecule has 4 heteroatoms. The van der Waals surface area contributed by atoms with Crippen LogP contribution in [0.15, 0.2) is 23.5 Å². The molecule has 0 aliphatic carbocycles. The maximum Gasteiger partial charge on any atom is 0.155 e. The van der Waals surface area contributed by atoms with Gasteiger partial charge in [0.15, 0.2) is 5.82 Å². The maximum atomic E-state index is 10.2. The number of hydrogen-bond acceptors (Lipinski definition) is 4. The van der Waals surface area contributed by atoms with Crippen molar-refractivity contribution in [1.29, 1.82) is 0 Å². The normalized spacial score (nSPS) is 9.18. The Bertz CT molecular complexity index is 249. The lowest BCUT2D eigenvalue weighted by molar-refractivity contribution is 1.15. The number of anilines is 1. The van der Waals surface area contributed by atoms with Gasteiger partial charge in [0.25, 0.3) is 0 Å². The summed E-state index contributed by atoms with van der Waals surface area (Å²) in [7, 11) is 0. The largest absolute Gasteiger partial charge is 0.368 e. The van der Waals surface area contributed by atoms with Crippen LogP contribution in [0.4, 0.5) is 11.5 Å². The summed E-state index contributed by atoms with van der Waals surface area (Å²) < 4.78 is 0. The lowest BCUT2D eigenvalue weighted by Crippen LogP contribution is -1.98. The lowest BCUT2D eigenvalue weighted by atomic mass is 10.4. The van der Waals surface area contributed by atoms with E-state index in [1.54, 1.807) is 18.3 Å². The molecule has 11 heavy (non-hydrogen) atoms. The van der Waals surface area contributed by atoms with Gasteiger partial charge in [-0.1, -0.05) is 0 Å². The van der Waals surface area contributed by atoms with E-state index < -0.39 is 0 Å². The van der Waals surface area contributed by atoms with Gasteiger partial charge in [0, 0.05) is 12.7 Å². The summed E-state index contributed by atoms with van der Waals surface area (Å²) in [6, 6.07) is 3.30. The number of nitrogens with zero attached hydrogens (tertiary/aromatic N) is 2. The molecule has 1 heterocycles. The molecule has 0 aliphatic heterocycles. The minimum Gasteiger partial charge on any atom is -0.368 e. The second-order valence-electron chi connectivity index (χ2n) is 1.99. The molecule has 0 radical (unpaired) electrons. The predicted octanol–water partition coefficient (Wildman–Crippen LogP) is 1.91. The molecule has 1 aromatic heterocycles. The number of hydrogen-bond donors (Lipinski definition) is 1. The molecule has 1 N–H and O–H groups in total. The number of aromatic nitrogens is 1. The number of nitrogens with one attached hydrogen (secondary N) is 1. The summed E-state index contributed by atoms with van der Waals surface area (Å²) in [6.07, 6.45) is 1.62. The van der Waals surface area contributed by atoms with E-state index in [4.69, 9.17) is 0 Å². The molecule has 0 unspecified atom stereocenters. The first kappa shape index (κ1) is 7.65. The van der Waals surface area contributed by atoms with Crippen molar-refractivity contribution in [1.82, 2.24) is 4.98 Å². The molecule has 4 nitrogen and oxygen atoms in total. The predicted molar refractivity (Wildman–Crippen MR) is 43.9 cm³/mol. The maximum absolute atomic E-state index is 10.2. The fourth-order valence-electron chi connectivity index (χ4n) is 0.774. The Morgan fingerprint density at radius 2 is 2.55 bits per heavy atom. The zero-order valence-electron chi connectivity index (χ0n) is 6.24. The van der Waals surface area contributed by atoms with Crippen molar-refractivity contribution in [3.05, 3.63) is 23.2 Å². The molecule has 0 bridgehead atoms. The standard InChI is InChI=1S/C7H9N3O/c1-2-8-7-6(10-11)4-3-5-9-7/h3-5H,2H2,1H3,(H,8,9). The Balaban J connectivity index is 2.92. The van der Waals surface area contributed by atoms with Crippen molar-refractivity contribution >= 4 is 11.5 Å². The van der Waals surface area contributed by atoms with Crippen LogP contribution < -0.4 is 5.32 Å². The van der Waals surface area contributed by atoms with Gasteiger partial charge in [0.1, 0.15) is 5.69 Å². The number of rotatable bonds is 3. The summed E-state index contributed by atoms with van der Waals surface area (Å²) in [5.41, 5.74) is 0.356. The van der Waals surface area contributed by atoms with Crippen LogP contribution in [0.3, 0.4) is 0 Å². The van der Waals surface area contributed by atoms with Crippen LogP contribution in [-0.4, -0.2) is 11.5 Å². The first-order valence-electron chi connectivity index (χ1n) is 3.40. The Morgan fingerprint density at radius 1 is 1.73 bits per heavy atom. The van der Waals surface area contributed by atoms with E-state index in [0.717, 1.165) is 6.54 Å². The molecule has 1 aromatic rings. The molecule has 0 aliphatic rings. The summed E-state index contributed by atoms with van der Waals surface area (Å²) >= 11 is 0. The van der Waals surface area contributed by atoms with Crippen molar-refractivity contribution in [3.8, 4) is 0 Å². The number of nitroso groups, excluding NO2 is 1. The van der Waals surface area contributed by atoms with Gasteiger partial charge in [-0.25, -0.2) is 4.98 Å². The smallest absolute Gasteiger partial charge is 0.155 e. The minimum atomic E-state index is 0.356. The summed E-state index contributed by atoms with van der Waals surface area (Å²) in [5.74, 6) is 0.546. The molecular weight excluding hydrogens is 142 g/mol. The summed E-state index contributed by atoms with van der Waals surface area (Å²) in [5, 5.41) is 5.74. The highest BCUT2D eigenvalue weighted by Gasteiger charge is 1.99. The van der Waals surface area contributed by atoms with Gasteiger partial charge >= 0.3 is 0 Å². The zero-order valence-corrected chi connectivity index (χ0v) is 6.24. The Hall–Kier alpha value is -1.45. The van der Waals surface area contributed by atoms with Gasteiger partial charge in [-0.2, -0.15) is 0 Å². The van der Waals surface area contributed by atoms with E-state index in [9.17, 15) is 4.91 Å². The molecule has 0 saturated carbocycles. The fraction of sp³-hybridized carbons (Fsp3) is 0.286. The second-order valence-corrected chi connectivity index (χ2v) is 1.99. The highest BCUT2D eigenvalue weighted by Crippen LogP contribution is 2.19. The summed E-state index contributed by atoms with van der Waals surface area (Å²) in [6.45, 7) is 2.67. The SMILES string of the molecule is CCNc1ncccc1N=O. The van der Waals surface area contributed by atoms with E-state index in [2.05, 4.69) is 15.5 Å². The van der Waals surface area contributed by atoms with Gasteiger partial charge < -0.3 is 5.32 Å². The Morgan fingerprint density at radius 3 is 3.18 bits per heavy atom. The van der Waals surface area contributed by atoms with Crippen LogP contribution in [0.25, 0.3) is 0 Å². The van der Waals surface area contributed by atoms with Gasteiger partial charge in [-0.3, -0.25) is 0 Å². The van der Waals surface area contributed by atoms with Gasteiger partial charge in [-0.05, 0) is 24.2 Å². The van der Waals surface area contributed by atoms with E-state index in [1.807, 2.05) is 6.92 Å².